The quantitative estimate of drug-likeness (QED) is 0.153. The van der Waals surface area contributed by atoms with Crippen LogP contribution in [0.1, 0.15) is 111 Å². The Morgan fingerprint density at radius 3 is 1.32 bits per heavy atom. The maximum atomic E-state index is 12.3. The van der Waals surface area contributed by atoms with Crippen molar-refractivity contribution in [3.05, 3.63) is 35.4 Å². The van der Waals surface area contributed by atoms with Crippen molar-refractivity contribution >= 4 is 27.7 Å². The van der Waals surface area contributed by atoms with E-state index in [1.165, 1.54) is 81.9 Å². The third kappa shape index (κ3) is 7.69. The average Bonchev–Trinajstić information content (AvgIpc) is 2.96. The molecule has 0 aliphatic carbocycles. The molecule has 2 rings (SSSR count). The molecule has 1 aromatic carbocycles. The highest BCUT2D eigenvalue weighted by atomic mass is 79.9. The SMILES string of the molecule is O=C1c2ccccc2C(=O)N1CCCCCCCCCCCCCCCCBr. The van der Waals surface area contributed by atoms with E-state index in [-0.39, 0.29) is 11.8 Å². The molecule has 0 atom stereocenters. The lowest BCUT2D eigenvalue weighted by Crippen LogP contribution is -2.30. The number of halogens is 1. The molecule has 1 aliphatic heterocycles. The van der Waals surface area contributed by atoms with E-state index in [9.17, 15) is 9.59 Å². The van der Waals surface area contributed by atoms with Crippen molar-refractivity contribution in [1.29, 1.82) is 0 Å². The number of benzene rings is 1. The Kier molecular flexibility index (Phi) is 11.5. The Hall–Kier alpha value is -1.16. The average molecular weight is 450 g/mol. The molecular weight excluding hydrogens is 414 g/mol. The van der Waals surface area contributed by atoms with Crippen LogP contribution in [0.15, 0.2) is 24.3 Å². The summed E-state index contributed by atoms with van der Waals surface area (Å²) < 4.78 is 0. The van der Waals surface area contributed by atoms with Gasteiger partial charge in [0.15, 0.2) is 0 Å². The van der Waals surface area contributed by atoms with Gasteiger partial charge in [-0.25, -0.2) is 0 Å². The second kappa shape index (κ2) is 13.9. The second-order valence-corrected chi connectivity index (χ2v) is 8.74. The molecule has 0 radical (unpaired) electrons. The summed E-state index contributed by atoms with van der Waals surface area (Å²) in [4.78, 5) is 26.0. The van der Waals surface area contributed by atoms with Crippen LogP contribution < -0.4 is 0 Å². The summed E-state index contributed by atoms with van der Waals surface area (Å²) in [6.07, 6.45) is 18.2. The van der Waals surface area contributed by atoms with Crippen molar-refractivity contribution in [1.82, 2.24) is 4.90 Å². The fraction of sp³-hybridized carbons (Fsp3) is 0.667. The van der Waals surface area contributed by atoms with Crippen LogP contribution in [-0.2, 0) is 0 Å². The molecule has 0 fully saturated rings. The minimum Gasteiger partial charge on any atom is -0.274 e. The van der Waals surface area contributed by atoms with Gasteiger partial charge in [0.25, 0.3) is 11.8 Å². The fourth-order valence-electron chi connectivity index (χ4n) is 3.93. The lowest BCUT2D eigenvalue weighted by atomic mass is 10.0. The molecule has 0 saturated heterocycles. The first-order valence-corrected chi connectivity index (χ1v) is 12.4. The van der Waals surface area contributed by atoms with Gasteiger partial charge >= 0.3 is 0 Å². The summed E-state index contributed by atoms with van der Waals surface area (Å²) in [7, 11) is 0. The predicted molar refractivity (Wildman–Crippen MR) is 120 cm³/mol. The molecule has 0 N–H and O–H groups in total. The molecular formula is C24H36BrNO2. The highest BCUT2D eigenvalue weighted by Gasteiger charge is 2.34. The third-order valence-electron chi connectivity index (χ3n) is 5.64. The zero-order valence-electron chi connectivity index (χ0n) is 17.3. The van der Waals surface area contributed by atoms with E-state index >= 15 is 0 Å². The number of hydrogen-bond acceptors (Lipinski definition) is 2. The molecule has 0 spiro atoms. The molecule has 1 heterocycles. The Morgan fingerprint density at radius 1 is 0.571 bits per heavy atom. The molecule has 0 saturated carbocycles. The number of unbranched alkanes of at least 4 members (excludes halogenated alkanes) is 13. The molecule has 0 bridgehead atoms. The number of fused-ring (bicyclic) bond motifs is 1. The first-order chi connectivity index (χ1) is 13.8. The summed E-state index contributed by atoms with van der Waals surface area (Å²) >= 11 is 3.48. The van der Waals surface area contributed by atoms with Crippen LogP contribution in [0.5, 0.6) is 0 Å². The van der Waals surface area contributed by atoms with E-state index in [1.807, 2.05) is 12.1 Å². The van der Waals surface area contributed by atoms with E-state index in [4.69, 9.17) is 0 Å². The van der Waals surface area contributed by atoms with Gasteiger partial charge in [-0.15, -0.1) is 0 Å². The van der Waals surface area contributed by atoms with Gasteiger partial charge < -0.3 is 0 Å². The van der Waals surface area contributed by atoms with Crippen LogP contribution in [-0.4, -0.2) is 28.6 Å². The fourth-order valence-corrected chi connectivity index (χ4v) is 4.32. The smallest absolute Gasteiger partial charge is 0.261 e. The normalized spacial score (nSPS) is 13.4. The predicted octanol–water partition coefficient (Wildman–Crippen LogP) is 7.14. The maximum absolute atomic E-state index is 12.3. The Labute approximate surface area is 179 Å². The molecule has 4 heteroatoms. The monoisotopic (exact) mass is 449 g/mol. The molecule has 3 nitrogen and oxygen atoms in total. The van der Waals surface area contributed by atoms with Crippen LogP contribution in [0.25, 0.3) is 0 Å². The molecule has 1 aromatic rings. The standard InChI is InChI=1S/C24H36BrNO2/c25-19-15-11-9-7-5-3-1-2-4-6-8-10-12-16-20-26-23(27)21-17-13-14-18-22(21)24(26)28/h13-14,17-18H,1-12,15-16,19-20H2. The first kappa shape index (κ1) is 23.1. The Balaban J connectivity index is 1.40. The van der Waals surface area contributed by atoms with Gasteiger partial charge in [0, 0.05) is 11.9 Å². The van der Waals surface area contributed by atoms with Crippen molar-refractivity contribution in [2.75, 3.05) is 11.9 Å². The van der Waals surface area contributed by atoms with Gasteiger partial charge in [0.2, 0.25) is 0 Å². The number of nitrogens with zero attached hydrogens (tertiary/aromatic N) is 1. The van der Waals surface area contributed by atoms with E-state index in [0.717, 1.165) is 18.2 Å². The van der Waals surface area contributed by atoms with Gasteiger partial charge in [-0.1, -0.05) is 105 Å². The summed E-state index contributed by atoms with van der Waals surface area (Å²) in [6.45, 7) is 0.558. The number of alkyl halides is 1. The maximum Gasteiger partial charge on any atom is 0.261 e. The van der Waals surface area contributed by atoms with E-state index < -0.39 is 0 Å². The molecule has 1 aliphatic rings. The second-order valence-electron chi connectivity index (χ2n) is 7.95. The molecule has 0 unspecified atom stereocenters. The van der Waals surface area contributed by atoms with Gasteiger partial charge in [-0.3, -0.25) is 14.5 Å². The number of hydrogen-bond donors (Lipinski definition) is 0. The number of amides is 2. The first-order valence-electron chi connectivity index (χ1n) is 11.3. The number of imide groups is 1. The Bertz CT molecular complexity index is 567. The zero-order valence-corrected chi connectivity index (χ0v) is 18.9. The number of rotatable bonds is 16. The lowest BCUT2D eigenvalue weighted by molar-refractivity contribution is 0.0651. The van der Waals surface area contributed by atoms with Crippen LogP contribution >= 0.6 is 15.9 Å². The van der Waals surface area contributed by atoms with E-state index in [1.54, 1.807) is 12.1 Å². The van der Waals surface area contributed by atoms with Crippen molar-refractivity contribution in [3.8, 4) is 0 Å². The Morgan fingerprint density at radius 2 is 0.929 bits per heavy atom. The zero-order chi connectivity index (χ0) is 20.0. The largest absolute Gasteiger partial charge is 0.274 e. The molecule has 2 amide bonds. The highest BCUT2D eigenvalue weighted by molar-refractivity contribution is 9.09. The number of carbonyl (C=O) groups excluding carboxylic acids is 2. The summed E-state index contributed by atoms with van der Waals surface area (Å²) in [5.74, 6) is -0.243. The van der Waals surface area contributed by atoms with Crippen molar-refractivity contribution < 1.29 is 9.59 Å². The van der Waals surface area contributed by atoms with Crippen molar-refractivity contribution in [2.45, 2.75) is 89.9 Å². The summed E-state index contributed by atoms with van der Waals surface area (Å²) in [5, 5.41) is 1.15. The lowest BCUT2D eigenvalue weighted by Gasteiger charge is -2.13. The van der Waals surface area contributed by atoms with Crippen LogP contribution in [0.3, 0.4) is 0 Å². The minimum absolute atomic E-state index is 0.122. The van der Waals surface area contributed by atoms with Crippen LogP contribution in [0, 0.1) is 0 Å². The van der Waals surface area contributed by atoms with Crippen molar-refractivity contribution in [2.24, 2.45) is 0 Å². The topological polar surface area (TPSA) is 37.4 Å². The molecule has 0 aromatic heterocycles. The minimum atomic E-state index is -0.122. The van der Waals surface area contributed by atoms with Gasteiger partial charge in [-0.05, 0) is 25.0 Å². The summed E-state index contributed by atoms with van der Waals surface area (Å²) in [5.41, 5.74) is 1.12. The summed E-state index contributed by atoms with van der Waals surface area (Å²) in [6, 6.07) is 7.14. The van der Waals surface area contributed by atoms with Crippen LogP contribution in [0.2, 0.25) is 0 Å². The van der Waals surface area contributed by atoms with E-state index in [0.29, 0.717) is 17.7 Å². The molecule has 28 heavy (non-hydrogen) atoms. The molecule has 156 valence electrons. The van der Waals surface area contributed by atoms with Crippen molar-refractivity contribution in [3.63, 3.8) is 0 Å². The van der Waals surface area contributed by atoms with Gasteiger partial charge in [0.05, 0.1) is 11.1 Å². The third-order valence-corrected chi connectivity index (χ3v) is 6.20. The van der Waals surface area contributed by atoms with Gasteiger partial charge in [-0.2, -0.15) is 0 Å². The van der Waals surface area contributed by atoms with Gasteiger partial charge in [0.1, 0.15) is 0 Å². The van der Waals surface area contributed by atoms with Crippen LogP contribution in [0.4, 0.5) is 0 Å². The van der Waals surface area contributed by atoms with E-state index in [2.05, 4.69) is 15.9 Å². The highest BCUT2D eigenvalue weighted by Crippen LogP contribution is 2.23. The number of carbonyl (C=O) groups is 2.